The number of amides is 2. The molecule has 1 fully saturated rings. The van der Waals surface area contributed by atoms with Crippen LogP contribution in [-0.4, -0.2) is 35.9 Å². The van der Waals surface area contributed by atoms with Gasteiger partial charge < -0.3 is 15.4 Å². The van der Waals surface area contributed by atoms with E-state index in [1.165, 1.54) is 25.6 Å². The van der Waals surface area contributed by atoms with Gasteiger partial charge in [-0.3, -0.25) is 14.6 Å². The molecule has 1 aliphatic rings. The number of carbonyl (C=O) groups is 3. The lowest BCUT2D eigenvalue weighted by molar-refractivity contribution is 0.0601. The van der Waals surface area contributed by atoms with Gasteiger partial charge in [-0.1, -0.05) is 12.1 Å². The van der Waals surface area contributed by atoms with E-state index < -0.39 is 11.9 Å². The average molecular weight is 339 g/mol. The van der Waals surface area contributed by atoms with Gasteiger partial charge in [0.2, 0.25) is 0 Å². The summed E-state index contributed by atoms with van der Waals surface area (Å²) in [5.74, 6) is -1.27. The van der Waals surface area contributed by atoms with Crippen molar-refractivity contribution in [2.45, 2.75) is 18.9 Å². The molecule has 3 rings (SSSR count). The van der Waals surface area contributed by atoms with Crippen LogP contribution < -0.4 is 10.6 Å². The maximum absolute atomic E-state index is 12.5. The van der Waals surface area contributed by atoms with E-state index in [4.69, 9.17) is 4.74 Å². The van der Waals surface area contributed by atoms with Crippen molar-refractivity contribution >= 4 is 23.5 Å². The zero-order chi connectivity index (χ0) is 17.8. The highest BCUT2D eigenvalue weighted by atomic mass is 16.5. The fourth-order valence-electron chi connectivity index (χ4n) is 2.26. The summed E-state index contributed by atoms with van der Waals surface area (Å²) in [7, 11) is 1.27. The van der Waals surface area contributed by atoms with Crippen molar-refractivity contribution < 1.29 is 19.1 Å². The summed E-state index contributed by atoms with van der Waals surface area (Å²) in [5, 5.41) is 5.50. The Hall–Kier alpha value is -3.22. The quantitative estimate of drug-likeness (QED) is 0.812. The van der Waals surface area contributed by atoms with Gasteiger partial charge in [0.25, 0.3) is 11.8 Å². The number of anilines is 1. The number of methoxy groups -OCH3 is 1. The molecule has 1 heterocycles. The molecular formula is C18H17N3O4. The van der Waals surface area contributed by atoms with E-state index >= 15 is 0 Å². The summed E-state index contributed by atoms with van der Waals surface area (Å²) < 4.78 is 4.70. The van der Waals surface area contributed by atoms with E-state index in [0.717, 1.165) is 12.8 Å². The summed E-state index contributed by atoms with van der Waals surface area (Å²) in [6.45, 7) is 0. The fourth-order valence-corrected chi connectivity index (χ4v) is 2.26. The van der Waals surface area contributed by atoms with E-state index in [9.17, 15) is 14.4 Å². The zero-order valence-electron chi connectivity index (χ0n) is 13.6. The number of para-hydroxylation sites is 1. The Kier molecular flexibility index (Phi) is 4.74. The van der Waals surface area contributed by atoms with Gasteiger partial charge >= 0.3 is 5.97 Å². The van der Waals surface area contributed by atoms with Crippen molar-refractivity contribution in [3.63, 3.8) is 0 Å². The van der Waals surface area contributed by atoms with Crippen LogP contribution >= 0.6 is 0 Å². The average Bonchev–Trinajstić information content (AvgIpc) is 3.45. The second-order valence-electron chi connectivity index (χ2n) is 5.70. The maximum atomic E-state index is 12.5. The third-order valence-electron chi connectivity index (χ3n) is 3.76. The Bertz CT molecular complexity index is 831. The second-order valence-corrected chi connectivity index (χ2v) is 5.70. The van der Waals surface area contributed by atoms with Crippen molar-refractivity contribution in [1.82, 2.24) is 10.3 Å². The van der Waals surface area contributed by atoms with E-state index in [1.807, 2.05) is 0 Å². The molecule has 0 saturated heterocycles. The first-order chi connectivity index (χ1) is 12.1. The number of nitrogens with zero attached hydrogens (tertiary/aromatic N) is 1. The third kappa shape index (κ3) is 4.00. The van der Waals surface area contributed by atoms with Crippen LogP contribution in [0.3, 0.4) is 0 Å². The minimum atomic E-state index is -0.549. The molecule has 1 saturated carbocycles. The summed E-state index contributed by atoms with van der Waals surface area (Å²) in [5.41, 5.74) is 1.12. The van der Waals surface area contributed by atoms with E-state index in [2.05, 4.69) is 15.6 Å². The molecule has 7 heteroatoms. The first-order valence-corrected chi connectivity index (χ1v) is 7.83. The molecule has 0 atom stereocenters. The predicted molar refractivity (Wildman–Crippen MR) is 90.5 cm³/mol. The Labute approximate surface area is 144 Å². The number of aromatic nitrogens is 1. The van der Waals surface area contributed by atoms with Crippen LogP contribution in [0.15, 0.2) is 42.7 Å². The summed E-state index contributed by atoms with van der Waals surface area (Å²) in [4.78, 5) is 40.2. The Morgan fingerprint density at radius 3 is 2.44 bits per heavy atom. The number of hydrogen-bond donors (Lipinski definition) is 2. The SMILES string of the molecule is COC(=O)c1ccccc1NC(=O)c1cncc(C(=O)NC2CC2)c1. The van der Waals surface area contributed by atoms with Crippen molar-refractivity contribution in [3.8, 4) is 0 Å². The smallest absolute Gasteiger partial charge is 0.339 e. The first-order valence-electron chi connectivity index (χ1n) is 7.83. The molecule has 2 amide bonds. The van der Waals surface area contributed by atoms with Gasteiger partial charge in [0, 0.05) is 18.4 Å². The largest absolute Gasteiger partial charge is 0.465 e. The van der Waals surface area contributed by atoms with Crippen LogP contribution in [0.4, 0.5) is 5.69 Å². The number of hydrogen-bond acceptors (Lipinski definition) is 5. The molecule has 25 heavy (non-hydrogen) atoms. The van der Waals surface area contributed by atoms with Crippen LogP contribution in [0.25, 0.3) is 0 Å². The van der Waals surface area contributed by atoms with Gasteiger partial charge in [0.1, 0.15) is 0 Å². The molecule has 1 aromatic heterocycles. The van der Waals surface area contributed by atoms with Crippen LogP contribution in [0.2, 0.25) is 0 Å². The summed E-state index contributed by atoms with van der Waals surface area (Å²) >= 11 is 0. The lowest BCUT2D eigenvalue weighted by atomic mass is 10.1. The molecule has 0 aliphatic heterocycles. The highest BCUT2D eigenvalue weighted by Gasteiger charge is 2.24. The molecule has 0 radical (unpaired) electrons. The number of pyridine rings is 1. The normalized spacial score (nSPS) is 13.0. The number of benzene rings is 1. The van der Waals surface area contributed by atoms with E-state index in [1.54, 1.807) is 24.3 Å². The van der Waals surface area contributed by atoms with Gasteiger partial charge in [-0.2, -0.15) is 0 Å². The fraction of sp³-hybridized carbons (Fsp3) is 0.222. The molecular weight excluding hydrogens is 322 g/mol. The first kappa shape index (κ1) is 16.6. The van der Waals surface area contributed by atoms with Gasteiger partial charge in [-0.15, -0.1) is 0 Å². The number of carbonyl (C=O) groups excluding carboxylic acids is 3. The Balaban J connectivity index is 1.77. The molecule has 128 valence electrons. The monoisotopic (exact) mass is 339 g/mol. The van der Waals surface area contributed by atoms with E-state index in [-0.39, 0.29) is 23.1 Å². The second kappa shape index (κ2) is 7.12. The number of esters is 1. The Morgan fingerprint density at radius 1 is 1.08 bits per heavy atom. The molecule has 0 unspecified atom stereocenters. The maximum Gasteiger partial charge on any atom is 0.339 e. The van der Waals surface area contributed by atoms with Crippen LogP contribution in [0.1, 0.15) is 43.9 Å². The lowest BCUT2D eigenvalue weighted by Crippen LogP contribution is -2.26. The van der Waals surface area contributed by atoms with Crippen LogP contribution in [0.5, 0.6) is 0 Å². The highest BCUT2D eigenvalue weighted by Crippen LogP contribution is 2.20. The van der Waals surface area contributed by atoms with Crippen molar-refractivity contribution in [3.05, 3.63) is 59.4 Å². The third-order valence-corrected chi connectivity index (χ3v) is 3.76. The van der Waals surface area contributed by atoms with Gasteiger partial charge in [-0.25, -0.2) is 4.79 Å². The standard InChI is InChI=1S/C18H17N3O4/c1-25-18(24)14-4-2-3-5-15(14)21-17(23)12-8-11(9-19-10-12)16(22)20-13-6-7-13/h2-5,8-10,13H,6-7H2,1H3,(H,20,22)(H,21,23). The van der Waals surface area contributed by atoms with Gasteiger partial charge in [0.05, 0.1) is 29.5 Å². The minimum Gasteiger partial charge on any atom is -0.465 e. The predicted octanol–water partition coefficient (Wildman–Crippen LogP) is 2.01. The number of rotatable bonds is 5. The van der Waals surface area contributed by atoms with Crippen molar-refractivity contribution in [2.75, 3.05) is 12.4 Å². The molecule has 0 bridgehead atoms. The molecule has 7 nitrogen and oxygen atoms in total. The highest BCUT2D eigenvalue weighted by molar-refractivity contribution is 6.08. The molecule has 0 spiro atoms. The number of nitrogens with one attached hydrogen (secondary N) is 2. The molecule has 1 aliphatic carbocycles. The minimum absolute atomic E-state index is 0.219. The van der Waals surface area contributed by atoms with Crippen molar-refractivity contribution in [1.29, 1.82) is 0 Å². The van der Waals surface area contributed by atoms with E-state index in [0.29, 0.717) is 11.3 Å². The van der Waals surface area contributed by atoms with Gasteiger partial charge in [-0.05, 0) is 31.0 Å². The van der Waals surface area contributed by atoms with Gasteiger partial charge in [0.15, 0.2) is 0 Å². The molecule has 2 aromatic rings. The lowest BCUT2D eigenvalue weighted by Gasteiger charge is -2.10. The zero-order valence-corrected chi connectivity index (χ0v) is 13.6. The Morgan fingerprint density at radius 2 is 1.76 bits per heavy atom. The van der Waals surface area contributed by atoms with Crippen LogP contribution in [0, 0.1) is 0 Å². The summed E-state index contributed by atoms with van der Waals surface area (Å²) in [6, 6.07) is 8.21. The summed E-state index contributed by atoms with van der Waals surface area (Å²) in [6.07, 6.45) is 4.73. The topological polar surface area (TPSA) is 97.4 Å². The number of ether oxygens (including phenoxy) is 1. The van der Waals surface area contributed by atoms with Crippen molar-refractivity contribution in [2.24, 2.45) is 0 Å². The van der Waals surface area contributed by atoms with Crippen LogP contribution in [-0.2, 0) is 4.74 Å². The molecule has 1 aromatic carbocycles. The molecule has 2 N–H and O–H groups in total.